The van der Waals surface area contributed by atoms with Gasteiger partial charge in [-0.25, -0.2) is 0 Å². The molecule has 4 aliphatic carbocycles. The molecule has 17 rings (SSSR count). The molecule has 0 fully saturated rings. The van der Waals surface area contributed by atoms with Gasteiger partial charge in [0.2, 0.25) is 0 Å². The Hall–Kier alpha value is -9.79. The van der Waals surface area contributed by atoms with Gasteiger partial charge in [0.15, 0.2) is 0 Å². The minimum Gasteiger partial charge on any atom is -0.343 e. The highest BCUT2D eigenvalue weighted by Crippen LogP contribution is 2.31. The first-order valence-electron chi connectivity index (χ1n) is 41.1. The molecule has 586 valence electrons. The van der Waals surface area contributed by atoms with E-state index in [2.05, 4.69) is 288 Å². The van der Waals surface area contributed by atoms with E-state index in [-0.39, 0.29) is 0 Å². The Morgan fingerprint density at radius 1 is 0.248 bits per heavy atom. The minimum atomic E-state index is 1.08. The van der Waals surface area contributed by atoms with Crippen molar-refractivity contribution in [2.45, 2.75) is 240 Å². The molecule has 0 atom stereocenters. The second-order valence-electron chi connectivity index (χ2n) is 24.3. The summed E-state index contributed by atoms with van der Waals surface area (Å²) in [4.78, 5) is 21.3. The molecule has 8 nitrogen and oxygen atoms in total. The zero-order chi connectivity index (χ0) is 82.6. The number of nitrogens with zero attached hydrogens (tertiary/aromatic N) is 8. The molecule has 13 aromatic rings. The summed E-state index contributed by atoms with van der Waals surface area (Å²) >= 11 is 0. The van der Waals surface area contributed by atoms with Crippen LogP contribution in [0.5, 0.6) is 0 Å². The lowest BCUT2D eigenvalue weighted by molar-refractivity contribution is 0.997. The molecule has 0 radical (unpaired) electrons. The third-order valence-corrected chi connectivity index (χ3v) is 18.1. The highest BCUT2D eigenvalue weighted by Gasteiger charge is 2.12. The number of para-hydroxylation sites is 4. The molecular formula is C101H142N8. The molecule has 0 bridgehead atoms. The topological polar surface area (TPSA) is 79.2 Å². The average molecular weight is 1470 g/mol. The van der Waals surface area contributed by atoms with Crippen molar-refractivity contribution in [2.24, 2.45) is 21.1 Å². The number of pyridine rings is 5. The molecule has 109 heavy (non-hydrogen) atoms. The molecule has 0 N–H and O–H groups in total. The molecule has 0 saturated heterocycles. The fourth-order valence-corrected chi connectivity index (χ4v) is 13.9. The molecular weight excluding hydrogens is 1330 g/mol. The van der Waals surface area contributed by atoms with Gasteiger partial charge >= 0.3 is 0 Å². The zero-order valence-electron chi connectivity index (χ0n) is 74.4. The Morgan fingerprint density at radius 2 is 0.606 bits per heavy atom. The summed E-state index contributed by atoms with van der Waals surface area (Å²) < 4.78 is 6.73. The predicted molar refractivity (Wildman–Crippen MR) is 492 cm³/mol. The van der Waals surface area contributed by atoms with Crippen LogP contribution in [0, 0.1) is 48.5 Å². The van der Waals surface area contributed by atoms with Crippen LogP contribution in [0.25, 0.3) is 112 Å². The van der Waals surface area contributed by atoms with Crippen molar-refractivity contribution in [2.75, 3.05) is 0 Å². The number of aromatic nitrogens is 8. The fourth-order valence-electron chi connectivity index (χ4n) is 13.9. The van der Waals surface area contributed by atoms with Crippen LogP contribution in [0.2, 0.25) is 0 Å². The van der Waals surface area contributed by atoms with Gasteiger partial charge < -0.3 is 13.7 Å². The van der Waals surface area contributed by atoms with Gasteiger partial charge in [-0.3, -0.25) is 24.9 Å². The zero-order valence-corrected chi connectivity index (χ0v) is 74.4. The lowest BCUT2D eigenvalue weighted by Crippen LogP contribution is -2.28. The number of benzene rings is 5. The van der Waals surface area contributed by atoms with Gasteiger partial charge in [0, 0.05) is 130 Å². The van der Waals surface area contributed by atoms with Gasteiger partial charge in [0.25, 0.3) is 0 Å². The smallest absolute Gasteiger partial charge is 0.0704 e. The second-order valence-corrected chi connectivity index (χ2v) is 24.3. The summed E-state index contributed by atoms with van der Waals surface area (Å²) in [5.41, 5.74) is 22.5. The van der Waals surface area contributed by atoms with E-state index in [1.165, 1.54) is 157 Å². The van der Waals surface area contributed by atoms with Crippen molar-refractivity contribution in [3.05, 3.63) is 252 Å². The van der Waals surface area contributed by atoms with E-state index >= 15 is 0 Å². The highest BCUT2D eigenvalue weighted by molar-refractivity contribution is 6.10. The summed E-state index contributed by atoms with van der Waals surface area (Å²) in [5, 5.41) is 18.7. The minimum absolute atomic E-state index is 1.08. The van der Waals surface area contributed by atoms with Crippen molar-refractivity contribution in [1.29, 1.82) is 0 Å². The maximum atomic E-state index is 4.34. The third kappa shape index (κ3) is 24.4. The van der Waals surface area contributed by atoms with Gasteiger partial charge in [0.05, 0.1) is 27.6 Å². The molecule has 0 unspecified atom stereocenters. The number of fused-ring (bicyclic) bond motifs is 13. The van der Waals surface area contributed by atoms with E-state index in [1.807, 2.05) is 182 Å². The van der Waals surface area contributed by atoms with Gasteiger partial charge in [0.1, 0.15) is 0 Å². The van der Waals surface area contributed by atoms with Gasteiger partial charge in [-0.15, -0.1) is 0 Å². The second kappa shape index (κ2) is 52.3. The predicted octanol–water partition coefficient (Wildman–Crippen LogP) is 23.6. The van der Waals surface area contributed by atoms with Gasteiger partial charge in [-0.2, -0.15) is 0 Å². The maximum Gasteiger partial charge on any atom is 0.0704 e. The van der Waals surface area contributed by atoms with Crippen LogP contribution in [0.4, 0.5) is 0 Å². The number of aryl methyl sites for hydroxylation is 10. The quantitative estimate of drug-likeness (QED) is 0.151. The first-order chi connectivity index (χ1) is 53.0. The molecule has 0 spiro atoms. The van der Waals surface area contributed by atoms with Crippen LogP contribution in [-0.4, -0.2) is 38.6 Å². The maximum absolute atomic E-state index is 4.34. The summed E-state index contributed by atoms with van der Waals surface area (Å²) in [5.74, 6) is 0. The van der Waals surface area contributed by atoms with E-state index in [9.17, 15) is 0 Å². The normalized spacial score (nSPS) is 11.1. The summed E-state index contributed by atoms with van der Waals surface area (Å²) in [6.07, 6.45) is 26.8. The van der Waals surface area contributed by atoms with Crippen LogP contribution >= 0.6 is 0 Å². The first kappa shape index (κ1) is 97.2. The SMILES string of the molecule is CC.CC.CC.CC.CC.CC.CC.CC.CC.CC.CC1=c2c(C)cccc2=CC1.CC1=c2c(C)ccnc2=CC1.CC1=c2c(C)cncc2=CC1.CC1=c2c(C)nccc2=CC1.Cc1cccc2c3ccccc3n(C)c12.Cc1cncc2c3ccccc3n(C)c12.Cc1nccc2c3ccccc3n(C)c12. The van der Waals surface area contributed by atoms with E-state index in [0.29, 0.717) is 0 Å². The van der Waals surface area contributed by atoms with Crippen LogP contribution < -0.4 is 41.9 Å². The molecule has 8 aromatic heterocycles. The molecule has 0 saturated carbocycles. The molecule has 4 aliphatic rings. The van der Waals surface area contributed by atoms with Crippen molar-refractivity contribution in [1.82, 2.24) is 38.6 Å². The molecule has 8 heterocycles. The van der Waals surface area contributed by atoms with E-state index in [1.54, 1.807) is 0 Å². The van der Waals surface area contributed by atoms with Gasteiger partial charge in [-0.1, -0.05) is 276 Å². The van der Waals surface area contributed by atoms with E-state index in [4.69, 9.17) is 0 Å². The van der Waals surface area contributed by atoms with E-state index < -0.39 is 0 Å². The van der Waals surface area contributed by atoms with Crippen molar-refractivity contribution < 1.29 is 0 Å². The summed E-state index contributed by atoms with van der Waals surface area (Å²) in [6.45, 7) is 63.6. The van der Waals surface area contributed by atoms with Crippen LogP contribution in [0.1, 0.15) is 231 Å². The fraction of sp³-hybridized carbons (Fsp3) is 0.376. The summed E-state index contributed by atoms with van der Waals surface area (Å²) in [7, 11) is 6.34. The molecule has 8 heteroatoms. The van der Waals surface area contributed by atoms with Crippen LogP contribution in [0.15, 0.2) is 171 Å². The number of hydrogen-bond acceptors (Lipinski definition) is 5. The summed E-state index contributed by atoms with van der Waals surface area (Å²) in [6, 6.07) is 44.7. The lowest BCUT2D eigenvalue weighted by Gasteiger charge is -2.00. The standard InChI is InChI=1S/C14H13N.2C13H12N2.C11H12.3C10H11N.10C2H6/c1-10-6-5-8-12-11-7-3-4-9-13(11)15(2)14(10)12;1-9-7-14-8-11-10-5-3-4-6-12(10)15(2)13(9)11;1-9-13-11(7-8-14-9)10-5-3-4-6-12(10)15(13)2;1-8-4-3-5-10-7-6-9(2)11(8)10;1-7-3-4-9-6-11-5-8(2)10(7)9;1-7-3-4-9-5-6-11-8(2)10(7)9;1-7-3-4-9-10(7)8(2)5-6-11-9;10*1-2/h3-9H,1-2H3;2*3-8H,1-2H3;3-5,7H,6H2,1-2H3;3*4-6H,3H2,1-2H3;10*1-2H3. The largest absolute Gasteiger partial charge is 0.343 e. The average Bonchev–Trinajstić information content (AvgIpc) is 1.62. The Balaban J connectivity index is 0.000000614. The third-order valence-electron chi connectivity index (χ3n) is 18.1. The van der Waals surface area contributed by atoms with Crippen molar-refractivity contribution >= 4 is 112 Å². The Bertz CT molecular complexity index is 4840. The molecule has 0 aliphatic heterocycles. The van der Waals surface area contributed by atoms with Crippen molar-refractivity contribution in [3.8, 4) is 0 Å². The van der Waals surface area contributed by atoms with Crippen molar-refractivity contribution in [3.63, 3.8) is 0 Å². The number of hydrogen-bond donors (Lipinski definition) is 0. The Labute approximate surface area is 660 Å². The highest BCUT2D eigenvalue weighted by atomic mass is 15.0. The Kier molecular flexibility index (Phi) is 46.6. The number of rotatable bonds is 0. The molecule has 5 aromatic carbocycles. The van der Waals surface area contributed by atoms with Crippen LogP contribution in [0.3, 0.4) is 0 Å². The van der Waals surface area contributed by atoms with Crippen LogP contribution in [-0.2, 0) is 21.1 Å². The first-order valence-corrected chi connectivity index (χ1v) is 41.1. The lowest BCUT2D eigenvalue weighted by atomic mass is 10.1. The monoisotopic (exact) mass is 1470 g/mol. The molecule has 0 amide bonds. The van der Waals surface area contributed by atoms with E-state index in [0.717, 1.165) is 37.1 Å². The van der Waals surface area contributed by atoms with Gasteiger partial charge in [-0.05, 0) is 192 Å². The Morgan fingerprint density at radius 3 is 1.11 bits per heavy atom.